The van der Waals surface area contributed by atoms with Gasteiger partial charge < -0.3 is 22.8 Å². The molecule has 0 atom stereocenters. The van der Waals surface area contributed by atoms with Crippen molar-refractivity contribution in [3.05, 3.63) is 29.7 Å². The molecule has 0 aliphatic carbocycles. The summed E-state index contributed by atoms with van der Waals surface area (Å²) in [6.07, 6.45) is 0.932. The zero-order valence-corrected chi connectivity index (χ0v) is 7.95. The Bertz CT molecular complexity index is 374. The third-order valence-electron chi connectivity index (χ3n) is 1.71. The number of hydrogen-bond acceptors (Lipinski definition) is 2. The maximum Gasteiger partial charge on any atom is 0.502 e. The number of benzene rings is 1. The lowest BCUT2D eigenvalue weighted by atomic mass is 9.90. The second-order valence-electron chi connectivity index (χ2n) is 2.92. The van der Waals surface area contributed by atoms with Crippen molar-refractivity contribution in [2.24, 2.45) is 0 Å². The third kappa shape index (κ3) is 3.57. The van der Waals surface area contributed by atoms with Gasteiger partial charge in [0.1, 0.15) is 0 Å². The summed E-state index contributed by atoms with van der Waals surface area (Å²) in [5.41, 5.74) is 0.323. The normalized spacial score (nSPS) is 12.0. The number of methoxy groups -OCH3 is 1. The molecule has 0 heterocycles. The van der Waals surface area contributed by atoms with Crippen molar-refractivity contribution in [2.75, 3.05) is 7.11 Å². The van der Waals surface area contributed by atoms with E-state index in [0.717, 1.165) is 6.08 Å². The lowest BCUT2D eigenvalue weighted by Gasteiger charge is -2.07. The summed E-state index contributed by atoms with van der Waals surface area (Å²) in [7, 11) is 1.33. The van der Waals surface area contributed by atoms with E-state index in [9.17, 15) is 18.1 Å². The number of phenolic OH excluding ortho intramolecular Hbond substituents is 1. The molecular formula is C9H9BF3O2-. The van der Waals surface area contributed by atoms with Gasteiger partial charge in [-0.3, -0.25) is 0 Å². The highest BCUT2D eigenvalue weighted by Crippen LogP contribution is 2.27. The average molecular weight is 217 g/mol. The fourth-order valence-electron chi connectivity index (χ4n) is 1.02. The SMILES string of the molecule is COc1cc(/C=C/[B-](F)(F)F)ccc1O. The monoisotopic (exact) mass is 217 g/mol. The lowest BCUT2D eigenvalue weighted by Crippen LogP contribution is -2.09. The summed E-state index contributed by atoms with van der Waals surface area (Å²) in [5, 5.41) is 9.20. The summed E-state index contributed by atoms with van der Waals surface area (Å²) in [6.45, 7) is -4.94. The Balaban J connectivity index is 2.93. The molecule has 0 aliphatic rings. The van der Waals surface area contributed by atoms with Crippen LogP contribution in [0.1, 0.15) is 5.56 Å². The zero-order chi connectivity index (χ0) is 11.5. The number of hydrogen-bond donors (Lipinski definition) is 1. The molecule has 1 aromatic carbocycles. The first kappa shape index (κ1) is 11.5. The minimum absolute atomic E-state index is 0.104. The van der Waals surface area contributed by atoms with E-state index in [1.165, 1.54) is 25.3 Å². The molecule has 82 valence electrons. The summed E-state index contributed by atoms with van der Waals surface area (Å²) >= 11 is 0. The van der Waals surface area contributed by atoms with Gasteiger partial charge in [0.05, 0.1) is 7.11 Å². The van der Waals surface area contributed by atoms with E-state index < -0.39 is 6.98 Å². The summed E-state index contributed by atoms with van der Waals surface area (Å²) < 4.78 is 40.5. The van der Waals surface area contributed by atoms with Crippen LogP contribution in [0.2, 0.25) is 0 Å². The minimum Gasteiger partial charge on any atom is -0.504 e. The molecule has 0 aromatic heterocycles. The van der Waals surface area contributed by atoms with Crippen LogP contribution in [0, 0.1) is 0 Å². The largest absolute Gasteiger partial charge is 0.504 e. The molecule has 0 bridgehead atoms. The minimum atomic E-state index is -4.94. The van der Waals surface area contributed by atoms with E-state index in [-0.39, 0.29) is 17.5 Å². The van der Waals surface area contributed by atoms with Crippen molar-refractivity contribution in [1.29, 1.82) is 0 Å². The average Bonchev–Trinajstić information content (AvgIpc) is 2.15. The van der Waals surface area contributed by atoms with Crippen LogP contribution in [0.25, 0.3) is 6.08 Å². The molecule has 0 saturated heterocycles. The van der Waals surface area contributed by atoms with Crippen molar-refractivity contribution >= 4 is 13.1 Å². The van der Waals surface area contributed by atoms with Crippen LogP contribution in [0.15, 0.2) is 24.2 Å². The van der Waals surface area contributed by atoms with Gasteiger partial charge in [-0.1, -0.05) is 12.1 Å². The Labute approximate surface area is 85.0 Å². The lowest BCUT2D eigenvalue weighted by molar-refractivity contribution is 0.373. The zero-order valence-electron chi connectivity index (χ0n) is 7.95. The smallest absolute Gasteiger partial charge is 0.502 e. The molecular weight excluding hydrogens is 208 g/mol. The summed E-state index contributed by atoms with van der Waals surface area (Å²) in [6, 6.07) is 3.98. The summed E-state index contributed by atoms with van der Waals surface area (Å²) in [4.78, 5) is 0. The Morgan fingerprint density at radius 2 is 2.00 bits per heavy atom. The number of phenols is 1. The van der Waals surface area contributed by atoms with Gasteiger partial charge in [0, 0.05) is 0 Å². The Morgan fingerprint density at radius 3 is 2.53 bits per heavy atom. The van der Waals surface area contributed by atoms with Gasteiger partial charge in [-0.25, -0.2) is 0 Å². The Kier molecular flexibility index (Phi) is 3.29. The summed E-state index contributed by atoms with van der Waals surface area (Å²) in [5.74, 6) is 0.227. The van der Waals surface area contributed by atoms with Gasteiger partial charge in [-0.15, -0.1) is 5.98 Å². The first-order valence-electron chi connectivity index (χ1n) is 4.18. The van der Waals surface area contributed by atoms with Gasteiger partial charge in [0.2, 0.25) is 0 Å². The van der Waals surface area contributed by atoms with E-state index >= 15 is 0 Å². The number of aromatic hydroxyl groups is 1. The van der Waals surface area contributed by atoms with Crippen LogP contribution < -0.4 is 4.74 Å². The van der Waals surface area contributed by atoms with Gasteiger partial charge in [-0.2, -0.15) is 0 Å². The molecule has 15 heavy (non-hydrogen) atoms. The fourth-order valence-corrected chi connectivity index (χ4v) is 1.02. The highest BCUT2D eigenvalue weighted by molar-refractivity contribution is 6.64. The van der Waals surface area contributed by atoms with E-state index in [4.69, 9.17) is 4.74 Å². The predicted molar refractivity (Wildman–Crippen MR) is 52.8 cm³/mol. The van der Waals surface area contributed by atoms with Crippen molar-refractivity contribution in [1.82, 2.24) is 0 Å². The number of ether oxygens (including phenoxy) is 1. The molecule has 0 unspecified atom stereocenters. The fraction of sp³-hybridized carbons (Fsp3) is 0.111. The number of rotatable bonds is 3. The standard InChI is InChI=1S/C9H9BF3O2/c1-15-9-6-7(2-3-8(9)14)4-5-10(11,12)13/h2-6,14H,1H3/q-1/b5-4+. The molecule has 0 saturated carbocycles. The second-order valence-corrected chi connectivity index (χ2v) is 2.92. The first-order valence-corrected chi connectivity index (χ1v) is 4.18. The predicted octanol–water partition coefficient (Wildman–Crippen LogP) is 2.80. The highest BCUT2D eigenvalue weighted by atomic mass is 19.4. The molecule has 0 amide bonds. The van der Waals surface area contributed by atoms with Gasteiger partial charge in [0.15, 0.2) is 11.5 Å². The topological polar surface area (TPSA) is 29.5 Å². The molecule has 6 heteroatoms. The van der Waals surface area contributed by atoms with Crippen LogP contribution in [-0.4, -0.2) is 19.2 Å². The second kappa shape index (κ2) is 4.29. The molecule has 0 spiro atoms. The van der Waals surface area contributed by atoms with Crippen molar-refractivity contribution in [2.45, 2.75) is 0 Å². The maximum atomic E-state index is 11.9. The van der Waals surface area contributed by atoms with Crippen LogP contribution in [0.5, 0.6) is 11.5 Å². The van der Waals surface area contributed by atoms with Crippen LogP contribution in [0.4, 0.5) is 12.9 Å². The maximum absolute atomic E-state index is 11.9. The van der Waals surface area contributed by atoms with E-state index in [2.05, 4.69) is 0 Å². The highest BCUT2D eigenvalue weighted by Gasteiger charge is 2.17. The van der Waals surface area contributed by atoms with E-state index in [0.29, 0.717) is 5.56 Å². The molecule has 0 aliphatic heterocycles. The van der Waals surface area contributed by atoms with Crippen molar-refractivity contribution in [3.63, 3.8) is 0 Å². The van der Waals surface area contributed by atoms with Crippen molar-refractivity contribution < 1.29 is 22.8 Å². The first-order chi connectivity index (χ1) is 6.92. The Hall–Kier alpha value is -1.59. The van der Waals surface area contributed by atoms with Crippen molar-refractivity contribution in [3.8, 4) is 11.5 Å². The molecule has 1 aromatic rings. The van der Waals surface area contributed by atoms with E-state index in [1.54, 1.807) is 0 Å². The van der Waals surface area contributed by atoms with E-state index in [1.807, 2.05) is 0 Å². The molecule has 2 nitrogen and oxygen atoms in total. The number of halogens is 3. The van der Waals surface area contributed by atoms with Crippen LogP contribution >= 0.6 is 0 Å². The van der Waals surface area contributed by atoms with Gasteiger partial charge >= 0.3 is 6.98 Å². The molecule has 1 rings (SSSR count). The van der Waals surface area contributed by atoms with Crippen LogP contribution in [0.3, 0.4) is 0 Å². The quantitative estimate of drug-likeness (QED) is 0.788. The third-order valence-corrected chi connectivity index (χ3v) is 1.71. The van der Waals surface area contributed by atoms with Gasteiger partial charge in [0.25, 0.3) is 0 Å². The molecule has 0 fully saturated rings. The van der Waals surface area contributed by atoms with Gasteiger partial charge in [-0.05, 0) is 17.7 Å². The van der Waals surface area contributed by atoms with Crippen LogP contribution in [-0.2, 0) is 0 Å². The molecule has 0 radical (unpaired) electrons. The molecule has 1 N–H and O–H groups in total. The Morgan fingerprint density at radius 1 is 1.33 bits per heavy atom.